The molecule has 0 fully saturated rings. The molecule has 0 saturated carbocycles. The number of benzene rings is 1. The van der Waals surface area contributed by atoms with Crippen molar-refractivity contribution in [3.8, 4) is 5.69 Å². The van der Waals surface area contributed by atoms with Gasteiger partial charge in [-0.05, 0) is 36.6 Å². The molecular formula is C16H19F3N4O2. The Morgan fingerprint density at radius 1 is 1.28 bits per heavy atom. The average molecular weight is 356 g/mol. The molecule has 1 heterocycles. The number of aliphatic hydroxyl groups is 1. The number of rotatable bonds is 6. The summed E-state index contributed by atoms with van der Waals surface area (Å²) in [7, 11) is 0. The first kappa shape index (κ1) is 18.9. The highest BCUT2D eigenvalue weighted by atomic mass is 19.4. The van der Waals surface area contributed by atoms with E-state index in [2.05, 4.69) is 10.1 Å². The summed E-state index contributed by atoms with van der Waals surface area (Å²) in [5.41, 5.74) is 4.64. The van der Waals surface area contributed by atoms with Gasteiger partial charge in [0.2, 0.25) is 5.91 Å². The first-order chi connectivity index (χ1) is 11.6. The number of nitrogens with zero attached hydrogens (tertiary/aromatic N) is 3. The van der Waals surface area contributed by atoms with Crippen LogP contribution in [0.25, 0.3) is 5.69 Å². The quantitative estimate of drug-likeness (QED) is 0.831. The summed E-state index contributed by atoms with van der Waals surface area (Å²) in [6, 6.07) is 4.31. The summed E-state index contributed by atoms with van der Waals surface area (Å²) < 4.78 is 39.3. The largest absolute Gasteiger partial charge is 0.416 e. The van der Waals surface area contributed by atoms with E-state index in [4.69, 9.17) is 5.73 Å². The molecule has 0 aliphatic rings. The minimum absolute atomic E-state index is 0.102. The van der Waals surface area contributed by atoms with Gasteiger partial charge < -0.3 is 10.8 Å². The maximum absolute atomic E-state index is 12.7. The minimum Gasteiger partial charge on any atom is -0.385 e. The lowest BCUT2D eigenvalue weighted by Gasteiger charge is -2.14. The van der Waals surface area contributed by atoms with Crippen LogP contribution in [0, 0.1) is 5.92 Å². The molecule has 136 valence electrons. The molecule has 6 nitrogen and oxygen atoms in total. The fourth-order valence-electron chi connectivity index (χ4n) is 2.35. The Kier molecular flexibility index (Phi) is 5.46. The van der Waals surface area contributed by atoms with Crippen molar-refractivity contribution in [1.82, 2.24) is 14.8 Å². The van der Waals surface area contributed by atoms with Gasteiger partial charge in [0.25, 0.3) is 0 Å². The van der Waals surface area contributed by atoms with E-state index in [1.54, 1.807) is 0 Å². The molecule has 25 heavy (non-hydrogen) atoms. The molecule has 2 aromatic rings. The number of aromatic nitrogens is 3. The van der Waals surface area contributed by atoms with E-state index in [-0.39, 0.29) is 24.0 Å². The predicted molar refractivity (Wildman–Crippen MR) is 83.7 cm³/mol. The van der Waals surface area contributed by atoms with Crippen molar-refractivity contribution in [1.29, 1.82) is 0 Å². The lowest BCUT2D eigenvalue weighted by Crippen LogP contribution is -2.14. The van der Waals surface area contributed by atoms with Gasteiger partial charge in [0.1, 0.15) is 6.10 Å². The van der Waals surface area contributed by atoms with Crippen LogP contribution in [0.5, 0.6) is 0 Å². The minimum atomic E-state index is -4.45. The van der Waals surface area contributed by atoms with E-state index in [1.165, 1.54) is 16.8 Å². The van der Waals surface area contributed by atoms with Gasteiger partial charge >= 0.3 is 6.18 Å². The molecule has 0 radical (unpaired) electrons. The summed E-state index contributed by atoms with van der Waals surface area (Å²) in [6.07, 6.45) is -5.26. The number of carbonyl (C=O) groups excluding carboxylic acids is 1. The Balaban J connectivity index is 2.43. The number of halogens is 3. The van der Waals surface area contributed by atoms with Gasteiger partial charge in [-0.2, -0.15) is 18.3 Å². The average Bonchev–Trinajstić information content (AvgIpc) is 2.89. The maximum Gasteiger partial charge on any atom is 0.416 e. The second-order valence-corrected chi connectivity index (χ2v) is 6.13. The topological polar surface area (TPSA) is 94.0 Å². The molecule has 0 spiro atoms. The first-order valence-corrected chi connectivity index (χ1v) is 7.67. The summed E-state index contributed by atoms with van der Waals surface area (Å²) in [4.78, 5) is 15.2. The normalized spacial score (nSPS) is 13.2. The SMILES string of the molecule is CC(C)CC(O)c1nc(CC(N)=O)nn1-c1ccc(C(F)(F)F)cc1. The molecule has 1 unspecified atom stereocenters. The molecule has 1 atom stereocenters. The molecule has 3 N–H and O–H groups in total. The molecule has 1 aromatic heterocycles. The zero-order valence-corrected chi connectivity index (χ0v) is 13.8. The highest BCUT2D eigenvalue weighted by molar-refractivity contribution is 5.75. The number of carbonyl (C=O) groups is 1. The van der Waals surface area contributed by atoms with E-state index in [0.717, 1.165) is 12.1 Å². The van der Waals surface area contributed by atoms with Gasteiger partial charge in [-0.3, -0.25) is 4.79 Å². The Hall–Kier alpha value is -2.42. The monoisotopic (exact) mass is 356 g/mol. The highest BCUT2D eigenvalue weighted by Gasteiger charge is 2.30. The first-order valence-electron chi connectivity index (χ1n) is 7.67. The maximum atomic E-state index is 12.7. The fraction of sp³-hybridized carbons (Fsp3) is 0.438. The Morgan fingerprint density at radius 2 is 1.88 bits per heavy atom. The molecular weight excluding hydrogens is 337 g/mol. The fourth-order valence-corrected chi connectivity index (χ4v) is 2.35. The summed E-state index contributed by atoms with van der Waals surface area (Å²) >= 11 is 0. The van der Waals surface area contributed by atoms with Crippen molar-refractivity contribution in [2.45, 2.75) is 39.0 Å². The van der Waals surface area contributed by atoms with Crippen LogP contribution in [-0.2, 0) is 17.4 Å². The van der Waals surface area contributed by atoms with Crippen molar-refractivity contribution < 1.29 is 23.1 Å². The van der Waals surface area contributed by atoms with Crippen LogP contribution in [0.3, 0.4) is 0 Å². The number of nitrogens with two attached hydrogens (primary N) is 1. The zero-order chi connectivity index (χ0) is 18.8. The van der Waals surface area contributed by atoms with Crippen LogP contribution in [0.15, 0.2) is 24.3 Å². The van der Waals surface area contributed by atoms with Gasteiger partial charge in [0.15, 0.2) is 11.6 Å². The smallest absolute Gasteiger partial charge is 0.385 e. The van der Waals surface area contributed by atoms with Crippen molar-refractivity contribution in [3.05, 3.63) is 41.5 Å². The van der Waals surface area contributed by atoms with E-state index >= 15 is 0 Å². The van der Waals surface area contributed by atoms with Crippen LogP contribution < -0.4 is 5.73 Å². The lowest BCUT2D eigenvalue weighted by molar-refractivity contribution is -0.137. The van der Waals surface area contributed by atoms with E-state index in [1.807, 2.05) is 13.8 Å². The number of alkyl halides is 3. The van der Waals surface area contributed by atoms with E-state index in [9.17, 15) is 23.1 Å². The lowest BCUT2D eigenvalue weighted by atomic mass is 10.1. The summed E-state index contributed by atoms with van der Waals surface area (Å²) in [5.74, 6) is -0.225. The molecule has 0 aliphatic carbocycles. The van der Waals surface area contributed by atoms with Gasteiger partial charge in [-0.15, -0.1) is 0 Å². The van der Waals surface area contributed by atoms with Crippen LogP contribution in [0.4, 0.5) is 13.2 Å². The standard InChI is InChI=1S/C16H19F3N4O2/c1-9(2)7-12(24)15-21-14(8-13(20)25)22-23(15)11-5-3-10(4-6-11)16(17,18)19/h3-6,9,12,24H,7-8H2,1-2H3,(H2,20,25). The third-order valence-corrected chi connectivity index (χ3v) is 3.44. The van der Waals surface area contributed by atoms with Crippen LogP contribution >= 0.6 is 0 Å². The molecule has 0 aliphatic heterocycles. The number of amides is 1. The second kappa shape index (κ2) is 7.22. The number of hydrogen-bond donors (Lipinski definition) is 2. The molecule has 9 heteroatoms. The van der Waals surface area contributed by atoms with Crippen LogP contribution in [-0.4, -0.2) is 25.8 Å². The van der Waals surface area contributed by atoms with E-state index < -0.39 is 23.8 Å². The Labute approximate surface area is 142 Å². The summed E-state index contributed by atoms with van der Waals surface area (Å²) in [5, 5.41) is 14.4. The van der Waals surface area contributed by atoms with Crippen molar-refractivity contribution in [3.63, 3.8) is 0 Å². The number of aliphatic hydroxyl groups excluding tert-OH is 1. The Morgan fingerprint density at radius 3 is 2.36 bits per heavy atom. The van der Waals surface area contributed by atoms with Gasteiger partial charge in [-0.25, -0.2) is 9.67 Å². The number of hydrogen-bond acceptors (Lipinski definition) is 4. The van der Waals surface area contributed by atoms with Crippen LogP contribution in [0.1, 0.15) is 43.6 Å². The predicted octanol–water partition coefficient (Wildman–Crippen LogP) is 2.39. The highest BCUT2D eigenvalue weighted by Crippen LogP contribution is 2.30. The Bertz CT molecular complexity index is 739. The summed E-state index contributed by atoms with van der Waals surface area (Å²) in [6.45, 7) is 3.82. The second-order valence-electron chi connectivity index (χ2n) is 6.13. The number of primary amides is 1. The van der Waals surface area contributed by atoms with Gasteiger partial charge in [-0.1, -0.05) is 13.8 Å². The van der Waals surface area contributed by atoms with Crippen molar-refractivity contribution >= 4 is 5.91 Å². The molecule has 0 bridgehead atoms. The van der Waals surface area contributed by atoms with Crippen molar-refractivity contribution in [2.24, 2.45) is 11.7 Å². The third kappa shape index (κ3) is 4.79. The van der Waals surface area contributed by atoms with E-state index in [0.29, 0.717) is 12.1 Å². The van der Waals surface area contributed by atoms with Gasteiger partial charge in [0.05, 0.1) is 17.7 Å². The molecule has 0 saturated heterocycles. The van der Waals surface area contributed by atoms with Gasteiger partial charge in [0, 0.05) is 0 Å². The third-order valence-electron chi connectivity index (χ3n) is 3.44. The zero-order valence-electron chi connectivity index (χ0n) is 13.8. The molecule has 1 amide bonds. The molecule has 2 rings (SSSR count). The molecule has 1 aromatic carbocycles. The van der Waals surface area contributed by atoms with Crippen LogP contribution in [0.2, 0.25) is 0 Å². The van der Waals surface area contributed by atoms with Crippen molar-refractivity contribution in [2.75, 3.05) is 0 Å².